The summed E-state index contributed by atoms with van der Waals surface area (Å²) in [5, 5.41) is 0. The number of hydrogen-bond donors (Lipinski definition) is 2. The van der Waals surface area contributed by atoms with Crippen molar-refractivity contribution in [3.05, 3.63) is 95.3 Å². The maximum atomic E-state index is 6.04. The van der Waals surface area contributed by atoms with Gasteiger partial charge in [-0.15, -0.1) is 0 Å². The second-order valence-electron chi connectivity index (χ2n) is 6.23. The lowest BCUT2D eigenvalue weighted by molar-refractivity contribution is 0.361. The van der Waals surface area contributed by atoms with Crippen LogP contribution in [0.2, 0.25) is 0 Å². The summed E-state index contributed by atoms with van der Waals surface area (Å²) in [6.07, 6.45) is 6.95. The largest absolute Gasteiger partial charge is 0.397 e. The van der Waals surface area contributed by atoms with Crippen LogP contribution in [-0.4, -0.2) is 0 Å². The number of nitrogens with two attached hydrogens (primary N) is 1. The van der Waals surface area contributed by atoms with E-state index in [-0.39, 0.29) is 5.41 Å². The summed E-state index contributed by atoms with van der Waals surface area (Å²) in [4.78, 5) is 2.76. The average molecular weight is 325 g/mol. The van der Waals surface area contributed by atoms with Gasteiger partial charge in [-0.25, -0.2) is 0 Å². The molecule has 0 bridgehead atoms. The van der Waals surface area contributed by atoms with Gasteiger partial charge in [0.15, 0.2) is 0 Å². The van der Waals surface area contributed by atoms with Gasteiger partial charge in [0.05, 0.1) is 11.4 Å². The van der Waals surface area contributed by atoms with Crippen molar-refractivity contribution in [1.29, 1.82) is 0 Å². The number of benzene rings is 2. The summed E-state index contributed by atoms with van der Waals surface area (Å²) in [7, 11) is 0. The first kappa shape index (κ1) is 15.7. The molecule has 0 radical (unpaired) electrons. The summed E-state index contributed by atoms with van der Waals surface area (Å²) in [5.74, 6) is 0. The lowest BCUT2D eigenvalue weighted by Gasteiger charge is -2.35. The van der Waals surface area contributed by atoms with Gasteiger partial charge in [-0.2, -0.15) is 0 Å². The fourth-order valence-electron chi connectivity index (χ4n) is 3.28. The normalized spacial score (nSPS) is 16.4. The van der Waals surface area contributed by atoms with E-state index in [1.165, 1.54) is 11.1 Å². The number of rotatable bonds is 5. The first-order chi connectivity index (χ1) is 11.2. The maximum absolute atomic E-state index is 6.04. The molecule has 0 spiro atoms. The van der Waals surface area contributed by atoms with Crippen LogP contribution in [0.5, 0.6) is 0 Å². The predicted octanol–water partition coefficient (Wildman–Crippen LogP) is 4.33. The minimum atomic E-state index is -0.0250. The number of allylic oxidation sites excluding steroid dienone is 3. The molecular weight excluding hydrogens is 304 g/mol. The molecule has 0 amide bonds. The fraction of sp³-hybridized carbons (Fsp3) is 0.200. The van der Waals surface area contributed by atoms with E-state index >= 15 is 0 Å². The minimum Gasteiger partial charge on any atom is -0.397 e. The Morgan fingerprint density at radius 1 is 0.913 bits per heavy atom. The molecule has 0 fully saturated rings. The Labute approximate surface area is 142 Å². The Balaban J connectivity index is 1.92. The second kappa shape index (κ2) is 6.93. The summed E-state index contributed by atoms with van der Waals surface area (Å²) in [5.41, 5.74) is 10.3. The fourth-order valence-corrected chi connectivity index (χ4v) is 3.45. The zero-order chi connectivity index (χ0) is 16.1. The molecule has 118 valence electrons. The SMILES string of the molecule is NC1=C(NCl)CC(Cc2ccccc2)(Cc2ccccc2)C=C1. The molecule has 0 aliphatic heterocycles. The van der Waals surface area contributed by atoms with Crippen molar-refractivity contribution in [3.63, 3.8) is 0 Å². The highest BCUT2D eigenvalue weighted by Crippen LogP contribution is 2.39. The van der Waals surface area contributed by atoms with Gasteiger partial charge in [-0.1, -0.05) is 66.7 Å². The van der Waals surface area contributed by atoms with E-state index in [2.05, 4.69) is 59.4 Å². The van der Waals surface area contributed by atoms with Crippen molar-refractivity contribution < 1.29 is 0 Å². The molecule has 1 aliphatic carbocycles. The Hall–Kier alpha value is -2.19. The van der Waals surface area contributed by atoms with Gasteiger partial charge in [-0.3, -0.25) is 0 Å². The number of hydrogen-bond acceptors (Lipinski definition) is 2. The van der Waals surface area contributed by atoms with Crippen LogP contribution in [0.15, 0.2) is 84.2 Å². The molecular formula is C20H21ClN2. The smallest absolute Gasteiger partial charge is 0.0516 e. The van der Waals surface area contributed by atoms with Crippen LogP contribution in [0.1, 0.15) is 17.5 Å². The zero-order valence-corrected chi connectivity index (χ0v) is 13.8. The standard InChI is InChI=1S/C20H21ClN2/c21-23-19-15-20(12-11-18(19)22,13-16-7-3-1-4-8-16)14-17-9-5-2-6-10-17/h1-12,23H,13-15,22H2. The van der Waals surface area contributed by atoms with Gasteiger partial charge >= 0.3 is 0 Å². The highest BCUT2D eigenvalue weighted by Gasteiger charge is 2.32. The predicted molar refractivity (Wildman–Crippen MR) is 96.7 cm³/mol. The molecule has 23 heavy (non-hydrogen) atoms. The maximum Gasteiger partial charge on any atom is 0.0516 e. The van der Waals surface area contributed by atoms with Crippen LogP contribution in [0.25, 0.3) is 0 Å². The van der Waals surface area contributed by atoms with Crippen LogP contribution in [-0.2, 0) is 12.8 Å². The molecule has 3 N–H and O–H groups in total. The van der Waals surface area contributed by atoms with E-state index in [1.54, 1.807) is 0 Å². The Morgan fingerprint density at radius 3 is 1.91 bits per heavy atom. The van der Waals surface area contributed by atoms with Crippen LogP contribution >= 0.6 is 11.8 Å². The zero-order valence-electron chi connectivity index (χ0n) is 13.0. The van der Waals surface area contributed by atoms with Gasteiger partial charge in [-0.05, 0) is 30.0 Å². The Morgan fingerprint density at radius 2 is 1.43 bits per heavy atom. The first-order valence-corrected chi connectivity index (χ1v) is 8.21. The van der Waals surface area contributed by atoms with Crippen molar-refractivity contribution in [2.75, 3.05) is 0 Å². The topological polar surface area (TPSA) is 38.0 Å². The highest BCUT2D eigenvalue weighted by molar-refractivity contribution is 6.14. The summed E-state index contributed by atoms with van der Waals surface area (Å²) in [6, 6.07) is 21.2. The minimum absolute atomic E-state index is 0.0250. The van der Waals surface area contributed by atoms with Crippen molar-refractivity contribution >= 4 is 11.8 Å². The van der Waals surface area contributed by atoms with Crippen LogP contribution in [0.4, 0.5) is 0 Å². The average Bonchev–Trinajstić information content (AvgIpc) is 2.59. The monoisotopic (exact) mass is 324 g/mol. The molecule has 3 rings (SSSR count). The second-order valence-corrected chi connectivity index (χ2v) is 6.41. The summed E-state index contributed by atoms with van der Waals surface area (Å²) >= 11 is 5.89. The molecule has 1 aliphatic rings. The van der Waals surface area contributed by atoms with Crippen LogP contribution in [0.3, 0.4) is 0 Å². The molecule has 2 aromatic carbocycles. The molecule has 2 aromatic rings. The van der Waals surface area contributed by atoms with E-state index in [0.717, 1.165) is 30.7 Å². The van der Waals surface area contributed by atoms with E-state index in [1.807, 2.05) is 18.2 Å². The van der Waals surface area contributed by atoms with E-state index in [9.17, 15) is 0 Å². The summed E-state index contributed by atoms with van der Waals surface area (Å²) < 4.78 is 0. The number of halogens is 1. The molecule has 0 heterocycles. The van der Waals surface area contributed by atoms with E-state index < -0.39 is 0 Å². The van der Waals surface area contributed by atoms with Gasteiger partial charge in [0.25, 0.3) is 0 Å². The third kappa shape index (κ3) is 3.77. The van der Waals surface area contributed by atoms with Crippen molar-refractivity contribution in [1.82, 2.24) is 4.84 Å². The first-order valence-electron chi connectivity index (χ1n) is 7.83. The van der Waals surface area contributed by atoms with Crippen molar-refractivity contribution in [3.8, 4) is 0 Å². The molecule has 0 aromatic heterocycles. The molecule has 0 saturated heterocycles. The molecule has 0 saturated carbocycles. The van der Waals surface area contributed by atoms with Gasteiger partial charge < -0.3 is 10.6 Å². The molecule has 0 atom stereocenters. The molecule has 2 nitrogen and oxygen atoms in total. The van der Waals surface area contributed by atoms with E-state index in [0.29, 0.717) is 0 Å². The van der Waals surface area contributed by atoms with Crippen LogP contribution < -0.4 is 10.6 Å². The van der Waals surface area contributed by atoms with Crippen molar-refractivity contribution in [2.45, 2.75) is 19.3 Å². The lowest BCUT2D eigenvalue weighted by Crippen LogP contribution is -2.31. The molecule has 0 unspecified atom stereocenters. The number of nitrogens with one attached hydrogen (secondary N) is 1. The van der Waals surface area contributed by atoms with E-state index in [4.69, 9.17) is 17.5 Å². The van der Waals surface area contributed by atoms with Crippen LogP contribution in [0, 0.1) is 5.41 Å². The Bertz CT molecular complexity index is 663. The lowest BCUT2D eigenvalue weighted by atomic mass is 9.71. The van der Waals surface area contributed by atoms with Gasteiger partial charge in [0, 0.05) is 23.6 Å². The Kier molecular flexibility index (Phi) is 4.73. The molecule has 3 heteroatoms. The third-order valence-corrected chi connectivity index (χ3v) is 4.63. The third-order valence-electron chi connectivity index (χ3n) is 4.41. The van der Waals surface area contributed by atoms with Gasteiger partial charge in [0.1, 0.15) is 0 Å². The summed E-state index contributed by atoms with van der Waals surface area (Å²) in [6.45, 7) is 0. The highest BCUT2D eigenvalue weighted by atomic mass is 35.5. The quantitative estimate of drug-likeness (QED) is 0.803. The van der Waals surface area contributed by atoms with Gasteiger partial charge in [0.2, 0.25) is 0 Å². The van der Waals surface area contributed by atoms with Crippen molar-refractivity contribution in [2.24, 2.45) is 11.1 Å².